The molecule has 0 aliphatic carbocycles. The van der Waals surface area contributed by atoms with Gasteiger partial charge < -0.3 is 5.73 Å². The molecule has 162 valence electrons. The van der Waals surface area contributed by atoms with Crippen LogP contribution in [0, 0.1) is 19.3 Å². The maximum Gasteiger partial charge on any atom is 0.134 e. The predicted molar refractivity (Wildman–Crippen MR) is 134 cm³/mol. The van der Waals surface area contributed by atoms with Gasteiger partial charge in [0.05, 0.1) is 21.7 Å². The lowest BCUT2D eigenvalue weighted by atomic mass is 10.0. The highest BCUT2D eigenvalue weighted by Crippen LogP contribution is 2.33. The number of aromatic nitrogens is 4. The largest absolute Gasteiger partial charge is 0.383 e. The van der Waals surface area contributed by atoms with Gasteiger partial charge in [0, 0.05) is 29.0 Å². The van der Waals surface area contributed by atoms with Crippen LogP contribution in [0.25, 0.3) is 38.8 Å². The molecule has 0 atom stereocenters. The van der Waals surface area contributed by atoms with E-state index in [0.717, 1.165) is 51.1 Å². The van der Waals surface area contributed by atoms with Crippen molar-refractivity contribution in [3.05, 3.63) is 83.0 Å². The van der Waals surface area contributed by atoms with E-state index in [4.69, 9.17) is 27.7 Å². The van der Waals surface area contributed by atoms with E-state index in [1.807, 2.05) is 56.3 Å². The zero-order valence-electron chi connectivity index (χ0n) is 18.0. The summed E-state index contributed by atoms with van der Waals surface area (Å²) in [6, 6.07) is 15.7. The summed E-state index contributed by atoms with van der Waals surface area (Å²) in [5.74, 6) is 1.01. The summed E-state index contributed by atoms with van der Waals surface area (Å²) in [4.78, 5) is 17.6. The lowest BCUT2D eigenvalue weighted by Crippen LogP contribution is -2.14. The monoisotopic (exact) mass is 453 g/mol. The molecule has 5 rings (SSSR count). The van der Waals surface area contributed by atoms with Crippen LogP contribution in [0.2, 0.25) is 5.02 Å². The summed E-state index contributed by atoms with van der Waals surface area (Å²) in [5, 5.41) is 8.89. The van der Waals surface area contributed by atoms with Crippen LogP contribution in [0.3, 0.4) is 0 Å². The number of nitrogens with zero attached hydrogens (tertiary/aromatic N) is 5. The Morgan fingerprint density at radius 3 is 2.64 bits per heavy atom. The van der Waals surface area contributed by atoms with Crippen LogP contribution in [0.15, 0.2) is 65.9 Å². The molecule has 0 aliphatic rings. The van der Waals surface area contributed by atoms with Gasteiger partial charge in [-0.2, -0.15) is 0 Å². The Kier molecular flexibility index (Phi) is 5.11. The van der Waals surface area contributed by atoms with Gasteiger partial charge in [0.2, 0.25) is 0 Å². The van der Waals surface area contributed by atoms with Crippen molar-refractivity contribution in [1.29, 1.82) is 5.41 Å². The summed E-state index contributed by atoms with van der Waals surface area (Å²) < 4.78 is 2.08. The number of aryl methyl sites for hydroxylation is 2. The fourth-order valence-electron chi connectivity index (χ4n) is 4.14. The van der Waals surface area contributed by atoms with Gasteiger partial charge in [-0.05, 0) is 61.4 Å². The molecule has 0 amide bonds. The molecule has 3 N–H and O–H groups in total. The van der Waals surface area contributed by atoms with Crippen LogP contribution in [-0.2, 0) is 0 Å². The number of hydrogen-bond donors (Lipinski definition) is 2. The van der Waals surface area contributed by atoms with Gasteiger partial charge >= 0.3 is 0 Å². The van der Waals surface area contributed by atoms with Crippen LogP contribution < -0.4 is 5.73 Å². The summed E-state index contributed by atoms with van der Waals surface area (Å²) in [7, 11) is 0. The minimum atomic E-state index is 0.231. The molecule has 0 fully saturated rings. The van der Waals surface area contributed by atoms with E-state index in [9.17, 15) is 0 Å². The van der Waals surface area contributed by atoms with Crippen LogP contribution >= 0.6 is 11.6 Å². The van der Waals surface area contributed by atoms with Crippen LogP contribution in [0.4, 0.5) is 0 Å². The second-order valence-electron chi connectivity index (χ2n) is 7.68. The van der Waals surface area contributed by atoms with Crippen molar-refractivity contribution in [2.45, 2.75) is 13.8 Å². The van der Waals surface area contributed by atoms with E-state index in [2.05, 4.69) is 25.6 Å². The standard InChI is InChI=1S/C25H20ClN7/c1-14-10-16(6-8-29-14)17-11-19(25(28)31-13-27)24-22(12-17)33(15(2)32-24)21-7-9-30-23-18(21)4-3-5-20(23)26/h3-13H,1-2H3,(H3,27,28,31). The molecule has 2 aromatic carbocycles. The summed E-state index contributed by atoms with van der Waals surface area (Å²) in [6.07, 6.45) is 4.47. The van der Waals surface area contributed by atoms with Crippen LogP contribution in [0.5, 0.6) is 0 Å². The first-order chi connectivity index (χ1) is 16.0. The maximum atomic E-state index is 7.38. The van der Waals surface area contributed by atoms with Gasteiger partial charge in [-0.1, -0.05) is 23.7 Å². The number of hydrogen-bond acceptors (Lipinski definition) is 4. The molecule has 0 radical (unpaired) electrons. The Morgan fingerprint density at radius 1 is 1.03 bits per heavy atom. The molecule has 0 aliphatic heterocycles. The van der Waals surface area contributed by atoms with E-state index in [0.29, 0.717) is 16.1 Å². The lowest BCUT2D eigenvalue weighted by molar-refractivity contribution is 1.01. The van der Waals surface area contributed by atoms with E-state index in [1.165, 1.54) is 0 Å². The summed E-state index contributed by atoms with van der Waals surface area (Å²) in [6.45, 7) is 3.90. The summed E-state index contributed by atoms with van der Waals surface area (Å²) >= 11 is 6.42. The Bertz CT molecular complexity index is 1580. The molecule has 0 unspecified atom stereocenters. The topological polar surface area (TPSA) is 106 Å². The molecule has 3 aromatic heterocycles. The van der Waals surface area contributed by atoms with Crippen molar-refractivity contribution in [3.8, 4) is 16.8 Å². The molecule has 0 bridgehead atoms. The van der Waals surface area contributed by atoms with E-state index in [-0.39, 0.29) is 5.84 Å². The third-order valence-electron chi connectivity index (χ3n) is 5.58. The number of rotatable bonds is 4. The minimum Gasteiger partial charge on any atom is -0.383 e. The van der Waals surface area contributed by atoms with E-state index in [1.54, 1.807) is 12.4 Å². The van der Waals surface area contributed by atoms with Gasteiger partial charge in [-0.3, -0.25) is 19.9 Å². The van der Waals surface area contributed by atoms with Crippen LogP contribution in [-0.4, -0.2) is 31.7 Å². The number of benzene rings is 2. The van der Waals surface area contributed by atoms with Gasteiger partial charge in [-0.15, -0.1) is 0 Å². The van der Waals surface area contributed by atoms with Crippen molar-refractivity contribution in [2.24, 2.45) is 10.7 Å². The quantitative estimate of drug-likeness (QED) is 0.287. The third kappa shape index (κ3) is 3.52. The Morgan fingerprint density at radius 2 is 1.85 bits per heavy atom. The van der Waals surface area contributed by atoms with Crippen molar-refractivity contribution >= 4 is 45.7 Å². The number of imidazole rings is 1. The van der Waals surface area contributed by atoms with Crippen molar-refractivity contribution in [1.82, 2.24) is 19.5 Å². The van der Waals surface area contributed by atoms with Gasteiger partial charge in [0.25, 0.3) is 0 Å². The fourth-order valence-corrected chi connectivity index (χ4v) is 4.37. The first-order valence-electron chi connectivity index (χ1n) is 10.3. The van der Waals surface area contributed by atoms with Crippen molar-refractivity contribution in [2.75, 3.05) is 0 Å². The van der Waals surface area contributed by atoms with Crippen LogP contribution in [0.1, 0.15) is 17.1 Å². The number of nitrogens with two attached hydrogens (primary N) is 1. The number of halogens is 1. The molecule has 5 aromatic rings. The Hall–Kier alpha value is -4.10. The van der Waals surface area contributed by atoms with Gasteiger partial charge in [0.1, 0.15) is 23.5 Å². The summed E-state index contributed by atoms with van der Waals surface area (Å²) in [5.41, 5.74) is 13.0. The first kappa shape index (κ1) is 20.8. The van der Waals surface area contributed by atoms with Crippen molar-refractivity contribution in [3.63, 3.8) is 0 Å². The zero-order chi connectivity index (χ0) is 23.1. The van der Waals surface area contributed by atoms with Gasteiger partial charge in [-0.25, -0.2) is 9.98 Å². The van der Waals surface area contributed by atoms with E-state index >= 15 is 0 Å². The second kappa shape index (κ2) is 8.11. The zero-order valence-corrected chi connectivity index (χ0v) is 18.8. The molecule has 0 saturated heterocycles. The second-order valence-corrected chi connectivity index (χ2v) is 8.09. The van der Waals surface area contributed by atoms with Gasteiger partial charge in [0.15, 0.2) is 0 Å². The number of aliphatic imine (C=N–C) groups is 1. The van der Waals surface area contributed by atoms with Crippen molar-refractivity contribution < 1.29 is 0 Å². The SMILES string of the molecule is Cc1cc(-c2cc(C(N)=NC=N)c3nc(C)n(-c4ccnc5c(Cl)cccc45)c3c2)ccn1. The molecule has 7 nitrogen and oxygen atoms in total. The molecular weight excluding hydrogens is 434 g/mol. The minimum absolute atomic E-state index is 0.231. The highest BCUT2D eigenvalue weighted by molar-refractivity contribution is 6.35. The third-order valence-corrected chi connectivity index (χ3v) is 5.88. The molecule has 8 heteroatoms. The number of fused-ring (bicyclic) bond motifs is 2. The smallest absolute Gasteiger partial charge is 0.134 e. The Balaban J connectivity index is 1.89. The number of nitrogens with one attached hydrogen (secondary N) is 1. The molecular formula is C25H20ClN7. The first-order valence-corrected chi connectivity index (χ1v) is 10.7. The lowest BCUT2D eigenvalue weighted by Gasteiger charge is -2.13. The Labute approximate surface area is 195 Å². The fraction of sp³-hybridized carbons (Fsp3) is 0.0800. The molecule has 3 heterocycles. The van der Waals surface area contributed by atoms with E-state index < -0.39 is 0 Å². The normalized spacial score (nSPS) is 11.9. The highest BCUT2D eigenvalue weighted by Gasteiger charge is 2.19. The molecule has 0 saturated carbocycles. The average Bonchev–Trinajstić information content (AvgIpc) is 3.14. The number of amidine groups is 1. The highest BCUT2D eigenvalue weighted by atomic mass is 35.5. The predicted octanol–water partition coefficient (Wildman–Crippen LogP) is 5.22. The number of para-hydroxylation sites is 1. The number of pyridine rings is 2. The average molecular weight is 454 g/mol. The molecule has 0 spiro atoms. The molecule has 33 heavy (non-hydrogen) atoms. The maximum absolute atomic E-state index is 7.38.